The van der Waals surface area contributed by atoms with Crippen LogP contribution in [0.1, 0.15) is 65.6 Å². The Kier molecular flexibility index (Phi) is 5.29. The maximum Gasteiger partial charge on any atom is 0.252 e. The molecule has 2 bridgehead atoms. The van der Waals surface area contributed by atoms with Crippen LogP contribution in [-0.2, 0) is 23.0 Å². The average Bonchev–Trinajstić information content (AvgIpc) is 3.62. The molecule has 2 saturated carbocycles. The van der Waals surface area contributed by atoms with Gasteiger partial charge in [-0.3, -0.25) is 4.79 Å². The number of nitrogens with zero attached hydrogens (tertiary/aromatic N) is 1. The summed E-state index contributed by atoms with van der Waals surface area (Å²) < 4.78 is 13.3. The van der Waals surface area contributed by atoms with E-state index in [1.165, 1.54) is 5.56 Å². The lowest BCUT2D eigenvalue weighted by Crippen LogP contribution is -2.81. The molecule has 5 aliphatic rings. The van der Waals surface area contributed by atoms with E-state index < -0.39 is 29.1 Å². The summed E-state index contributed by atoms with van der Waals surface area (Å²) in [5.74, 6) is 0.484. The molecule has 6 atom stereocenters. The molecule has 2 heterocycles. The molecule has 0 radical (unpaired) electrons. The number of benzene rings is 2. The topological polar surface area (TPSA) is 105 Å². The SMILES string of the molecule is NC(=O)c1ccc2c3c1O[C@H]1[C@H](O)CC[C@@]4(OCCCc5ccccc5)[C@@H](C2)[N+]([O-])(CC2CC2)CC[C@]314. The Morgan fingerprint density at radius 1 is 1.16 bits per heavy atom. The van der Waals surface area contributed by atoms with Crippen LogP contribution < -0.4 is 10.5 Å². The molecule has 1 spiro atoms. The molecule has 7 rings (SSSR count). The van der Waals surface area contributed by atoms with E-state index in [-0.39, 0.29) is 10.7 Å². The van der Waals surface area contributed by atoms with E-state index in [1.807, 2.05) is 12.1 Å². The van der Waals surface area contributed by atoms with Crippen molar-refractivity contribution >= 4 is 5.91 Å². The molecule has 0 aromatic heterocycles. The minimum atomic E-state index is -0.739. The summed E-state index contributed by atoms with van der Waals surface area (Å²) in [4.78, 5) is 12.4. The number of carbonyl (C=O) groups is 1. The van der Waals surface area contributed by atoms with Gasteiger partial charge in [-0.2, -0.15) is 0 Å². The number of aliphatic hydroxyl groups is 1. The summed E-state index contributed by atoms with van der Waals surface area (Å²) in [5, 5.41) is 26.0. The summed E-state index contributed by atoms with van der Waals surface area (Å²) in [6.07, 6.45) is 5.13. The van der Waals surface area contributed by atoms with Gasteiger partial charge in [-0.25, -0.2) is 0 Å². The minimum absolute atomic E-state index is 0.222. The van der Waals surface area contributed by atoms with E-state index in [0.29, 0.717) is 62.6 Å². The number of aliphatic hydroxyl groups excluding tert-OH is 1. The summed E-state index contributed by atoms with van der Waals surface area (Å²) >= 11 is 0. The molecule has 1 unspecified atom stereocenters. The Morgan fingerprint density at radius 2 is 1.97 bits per heavy atom. The number of nitrogens with two attached hydrogens (primary N) is 1. The van der Waals surface area contributed by atoms with Crippen LogP contribution in [0.5, 0.6) is 5.75 Å². The summed E-state index contributed by atoms with van der Waals surface area (Å²) in [6, 6.07) is 13.8. The molecule has 7 nitrogen and oxygen atoms in total. The molecule has 3 N–H and O–H groups in total. The largest absolute Gasteiger partial charge is 0.632 e. The second-order valence-electron chi connectivity index (χ2n) is 12.1. The Hall–Kier alpha value is -2.45. The van der Waals surface area contributed by atoms with Gasteiger partial charge in [0.1, 0.15) is 23.5 Å². The fraction of sp³-hybridized carbons (Fsp3) is 0.567. The average molecular weight is 505 g/mol. The predicted octanol–water partition coefficient (Wildman–Crippen LogP) is 3.38. The van der Waals surface area contributed by atoms with Crippen molar-refractivity contribution in [3.8, 4) is 5.75 Å². The summed E-state index contributed by atoms with van der Waals surface area (Å²) in [6.45, 7) is 1.67. The number of primary amides is 1. The number of amides is 1. The number of carbonyl (C=O) groups excluding carboxylic acids is 1. The first-order valence-electron chi connectivity index (χ1n) is 13.9. The Bertz CT molecular complexity index is 1230. The van der Waals surface area contributed by atoms with Crippen LogP contribution in [0.3, 0.4) is 0 Å². The Balaban J connectivity index is 1.32. The van der Waals surface area contributed by atoms with Crippen molar-refractivity contribution in [1.82, 2.24) is 0 Å². The summed E-state index contributed by atoms with van der Waals surface area (Å²) in [5.41, 5.74) is 8.04. The van der Waals surface area contributed by atoms with Crippen molar-refractivity contribution in [3.63, 3.8) is 0 Å². The standard InChI is InChI=1S/C30H36N2O5/c31-28(34)22-11-10-21-17-24-30(36-16-4-7-19-5-2-1-3-6-19)13-12-23(33)27-29(30,25(21)26(22)37-27)14-15-32(24,35)18-20-8-9-20/h1-3,5-6,10-11,20,23-24,27,33H,4,7-9,12-18H2,(H2,31,34)/t23-,24-,27+,29+,30-,32?/m1/s1. The smallest absolute Gasteiger partial charge is 0.252 e. The van der Waals surface area contributed by atoms with Gasteiger partial charge in [0.2, 0.25) is 0 Å². The number of rotatable bonds is 8. The van der Waals surface area contributed by atoms with Crippen molar-refractivity contribution in [2.45, 2.75) is 80.6 Å². The Morgan fingerprint density at radius 3 is 2.73 bits per heavy atom. The highest BCUT2D eigenvalue weighted by molar-refractivity contribution is 5.97. The first kappa shape index (κ1) is 23.7. The van der Waals surface area contributed by atoms with E-state index >= 15 is 0 Å². The van der Waals surface area contributed by atoms with Gasteiger partial charge >= 0.3 is 0 Å². The van der Waals surface area contributed by atoms with Crippen molar-refractivity contribution in [3.05, 3.63) is 69.9 Å². The zero-order chi connectivity index (χ0) is 25.4. The highest BCUT2D eigenvalue weighted by Crippen LogP contribution is 2.67. The number of quaternary nitrogens is 1. The normalized spacial score (nSPS) is 37.1. The number of hydroxylamine groups is 3. The first-order chi connectivity index (χ1) is 17.9. The second kappa shape index (κ2) is 8.27. The van der Waals surface area contributed by atoms with E-state index in [2.05, 4.69) is 24.3 Å². The molecule has 7 heteroatoms. The highest BCUT2D eigenvalue weighted by Gasteiger charge is 2.76. The fourth-order valence-electron chi connectivity index (χ4n) is 8.38. The third-order valence-electron chi connectivity index (χ3n) is 10.1. The molecule has 196 valence electrons. The van der Waals surface area contributed by atoms with Gasteiger partial charge in [0.25, 0.3) is 5.91 Å². The Labute approximate surface area is 217 Å². The van der Waals surface area contributed by atoms with Crippen LogP contribution in [0.25, 0.3) is 0 Å². The number of aryl methyl sites for hydroxylation is 1. The number of hydrogen-bond acceptors (Lipinski definition) is 5. The number of hydrogen-bond donors (Lipinski definition) is 2. The van der Waals surface area contributed by atoms with Gasteiger partial charge in [-0.05, 0) is 55.7 Å². The molecule has 2 aliphatic heterocycles. The van der Waals surface area contributed by atoms with Crippen LogP contribution in [0, 0.1) is 11.1 Å². The molecule has 3 aliphatic carbocycles. The van der Waals surface area contributed by atoms with Crippen molar-refractivity contribution in [1.29, 1.82) is 0 Å². The second-order valence-corrected chi connectivity index (χ2v) is 12.1. The zero-order valence-electron chi connectivity index (χ0n) is 21.2. The summed E-state index contributed by atoms with van der Waals surface area (Å²) in [7, 11) is 0. The number of piperidine rings is 1. The lowest BCUT2D eigenvalue weighted by Gasteiger charge is -2.69. The minimum Gasteiger partial charge on any atom is -0.632 e. The molecular formula is C30H36N2O5. The van der Waals surface area contributed by atoms with Gasteiger partial charge in [0.05, 0.1) is 30.2 Å². The van der Waals surface area contributed by atoms with Crippen LogP contribution in [-0.4, -0.2) is 59.2 Å². The van der Waals surface area contributed by atoms with Gasteiger partial charge in [0, 0.05) is 30.9 Å². The van der Waals surface area contributed by atoms with E-state index in [0.717, 1.165) is 36.8 Å². The van der Waals surface area contributed by atoms with Crippen molar-refractivity contribution in [2.75, 3.05) is 19.7 Å². The maximum atomic E-state index is 14.7. The molecule has 2 aromatic carbocycles. The molecule has 1 saturated heterocycles. The third-order valence-corrected chi connectivity index (χ3v) is 10.1. The lowest BCUT2D eigenvalue weighted by atomic mass is 9.48. The van der Waals surface area contributed by atoms with Crippen LogP contribution in [0.4, 0.5) is 0 Å². The van der Waals surface area contributed by atoms with Crippen molar-refractivity contribution < 1.29 is 24.0 Å². The zero-order valence-corrected chi connectivity index (χ0v) is 21.2. The quantitative estimate of drug-likeness (QED) is 0.326. The van der Waals surface area contributed by atoms with Gasteiger partial charge in [-0.15, -0.1) is 0 Å². The number of likely N-dealkylation sites (tertiary alicyclic amines) is 1. The van der Waals surface area contributed by atoms with Crippen LogP contribution in [0.2, 0.25) is 0 Å². The lowest BCUT2D eigenvalue weighted by molar-refractivity contribution is -0.924. The van der Waals surface area contributed by atoms with Gasteiger partial charge in [0.15, 0.2) is 0 Å². The fourth-order valence-corrected chi connectivity index (χ4v) is 8.38. The van der Waals surface area contributed by atoms with Crippen LogP contribution in [0.15, 0.2) is 42.5 Å². The molecular weight excluding hydrogens is 468 g/mol. The third kappa shape index (κ3) is 3.30. The van der Waals surface area contributed by atoms with Gasteiger partial charge < -0.3 is 30.2 Å². The number of ether oxygens (including phenoxy) is 2. The van der Waals surface area contributed by atoms with Crippen LogP contribution >= 0.6 is 0 Å². The van der Waals surface area contributed by atoms with Gasteiger partial charge in [-0.1, -0.05) is 36.4 Å². The molecule has 37 heavy (non-hydrogen) atoms. The molecule has 2 aromatic rings. The van der Waals surface area contributed by atoms with Crippen molar-refractivity contribution in [2.24, 2.45) is 11.7 Å². The van der Waals surface area contributed by atoms with E-state index in [1.54, 1.807) is 6.07 Å². The first-order valence-corrected chi connectivity index (χ1v) is 13.9. The highest BCUT2D eigenvalue weighted by atomic mass is 16.6. The maximum absolute atomic E-state index is 14.7. The van der Waals surface area contributed by atoms with E-state index in [9.17, 15) is 15.1 Å². The molecule has 1 amide bonds. The predicted molar refractivity (Wildman–Crippen MR) is 138 cm³/mol. The monoisotopic (exact) mass is 504 g/mol. The molecule has 3 fully saturated rings. The van der Waals surface area contributed by atoms with E-state index in [4.69, 9.17) is 15.2 Å².